The molecular weight excluding hydrogens is 292 g/mol. The lowest BCUT2D eigenvalue weighted by Crippen LogP contribution is -2.38. The highest BCUT2D eigenvalue weighted by Gasteiger charge is 2.24. The SMILES string of the molecule is CCCCOc1nc(N)c2c(n1)N(CCCCN1CCC1)CN2. The maximum atomic E-state index is 6.03. The third-order valence-corrected chi connectivity index (χ3v) is 4.47. The van der Waals surface area contributed by atoms with Crippen LogP contribution in [0, 0.1) is 0 Å². The number of nitrogens with two attached hydrogens (primary N) is 1. The number of unbranched alkanes of at least 4 members (excludes halogenated alkanes) is 2. The van der Waals surface area contributed by atoms with Gasteiger partial charge in [0.1, 0.15) is 5.69 Å². The smallest absolute Gasteiger partial charge is 0.320 e. The van der Waals surface area contributed by atoms with Crippen LogP contribution < -0.4 is 20.7 Å². The molecule has 0 unspecified atom stereocenters. The Balaban J connectivity index is 1.54. The predicted molar refractivity (Wildman–Crippen MR) is 93.0 cm³/mol. The number of hydrogen-bond acceptors (Lipinski definition) is 7. The number of anilines is 3. The van der Waals surface area contributed by atoms with Gasteiger partial charge in [-0.05, 0) is 45.3 Å². The molecule has 0 atom stereocenters. The fraction of sp³-hybridized carbons (Fsp3) is 0.750. The van der Waals surface area contributed by atoms with E-state index >= 15 is 0 Å². The van der Waals surface area contributed by atoms with Crippen molar-refractivity contribution in [2.24, 2.45) is 0 Å². The first-order chi connectivity index (χ1) is 11.3. The Labute approximate surface area is 138 Å². The van der Waals surface area contributed by atoms with Crippen LogP contribution in [0.2, 0.25) is 0 Å². The number of hydrogen-bond donors (Lipinski definition) is 2. The Morgan fingerprint density at radius 3 is 2.74 bits per heavy atom. The number of nitrogen functional groups attached to an aromatic ring is 1. The molecule has 7 heteroatoms. The molecule has 23 heavy (non-hydrogen) atoms. The lowest BCUT2D eigenvalue weighted by molar-refractivity contribution is 0.178. The summed E-state index contributed by atoms with van der Waals surface area (Å²) < 4.78 is 5.62. The van der Waals surface area contributed by atoms with Crippen LogP contribution >= 0.6 is 0 Å². The summed E-state index contributed by atoms with van der Waals surface area (Å²) >= 11 is 0. The largest absolute Gasteiger partial charge is 0.463 e. The second-order valence-corrected chi connectivity index (χ2v) is 6.29. The summed E-state index contributed by atoms with van der Waals surface area (Å²) in [4.78, 5) is 13.5. The average Bonchev–Trinajstić information content (AvgIpc) is 2.89. The molecule has 0 aromatic carbocycles. The molecule has 1 saturated heterocycles. The predicted octanol–water partition coefficient (Wildman–Crippen LogP) is 1.91. The zero-order valence-corrected chi connectivity index (χ0v) is 14.1. The number of likely N-dealkylation sites (tertiary alicyclic amines) is 1. The van der Waals surface area contributed by atoms with Crippen LogP contribution in [0.15, 0.2) is 0 Å². The van der Waals surface area contributed by atoms with Gasteiger partial charge in [0.15, 0.2) is 11.6 Å². The molecule has 0 amide bonds. The molecule has 0 aliphatic carbocycles. The van der Waals surface area contributed by atoms with E-state index in [0.717, 1.165) is 44.0 Å². The Bertz CT molecular complexity index is 520. The van der Waals surface area contributed by atoms with Gasteiger partial charge in [0, 0.05) is 6.54 Å². The number of nitrogens with one attached hydrogen (secondary N) is 1. The van der Waals surface area contributed by atoms with Gasteiger partial charge in [0.25, 0.3) is 0 Å². The molecular formula is C16H28N6O. The average molecular weight is 320 g/mol. The van der Waals surface area contributed by atoms with Gasteiger partial charge in [0.2, 0.25) is 0 Å². The van der Waals surface area contributed by atoms with Gasteiger partial charge in [-0.15, -0.1) is 0 Å². The van der Waals surface area contributed by atoms with Crippen LogP contribution in [0.25, 0.3) is 0 Å². The quantitative estimate of drug-likeness (QED) is 0.673. The second-order valence-electron chi connectivity index (χ2n) is 6.29. The van der Waals surface area contributed by atoms with Crippen LogP contribution in [0.4, 0.5) is 17.3 Å². The highest BCUT2D eigenvalue weighted by Crippen LogP contribution is 2.34. The third-order valence-electron chi connectivity index (χ3n) is 4.47. The summed E-state index contributed by atoms with van der Waals surface area (Å²) in [5.41, 5.74) is 6.88. The van der Waals surface area contributed by atoms with Crippen molar-refractivity contribution >= 4 is 17.3 Å². The van der Waals surface area contributed by atoms with Crippen molar-refractivity contribution in [2.75, 3.05) is 55.4 Å². The van der Waals surface area contributed by atoms with Crippen LogP contribution in [0.1, 0.15) is 39.0 Å². The van der Waals surface area contributed by atoms with E-state index in [4.69, 9.17) is 10.5 Å². The van der Waals surface area contributed by atoms with Crippen molar-refractivity contribution in [3.8, 4) is 6.01 Å². The fourth-order valence-corrected chi connectivity index (χ4v) is 2.89. The highest BCUT2D eigenvalue weighted by molar-refractivity contribution is 5.80. The van der Waals surface area contributed by atoms with Gasteiger partial charge in [-0.2, -0.15) is 9.97 Å². The minimum atomic E-state index is 0.393. The van der Waals surface area contributed by atoms with Crippen molar-refractivity contribution in [2.45, 2.75) is 39.0 Å². The summed E-state index contributed by atoms with van der Waals surface area (Å²) in [5.74, 6) is 1.36. The van der Waals surface area contributed by atoms with Crippen molar-refractivity contribution in [1.82, 2.24) is 14.9 Å². The van der Waals surface area contributed by atoms with Crippen LogP contribution in [0.5, 0.6) is 6.01 Å². The molecule has 0 bridgehead atoms. The Morgan fingerprint density at radius 2 is 2.00 bits per heavy atom. The molecule has 2 aliphatic heterocycles. The fourth-order valence-electron chi connectivity index (χ4n) is 2.89. The van der Waals surface area contributed by atoms with Crippen LogP contribution in [-0.2, 0) is 0 Å². The summed E-state index contributed by atoms with van der Waals surface area (Å²) in [6, 6.07) is 0.393. The maximum absolute atomic E-state index is 6.03. The van der Waals surface area contributed by atoms with Gasteiger partial charge in [0.05, 0.1) is 13.3 Å². The summed E-state index contributed by atoms with van der Waals surface area (Å²) in [6.07, 6.45) is 5.84. The molecule has 2 aliphatic rings. The second kappa shape index (κ2) is 7.68. The molecule has 1 aromatic heterocycles. The third kappa shape index (κ3) is 3.96. The standard InChI is InChI=1S/C16H28N6O/c1-2-3-11-23-16-19-14(17)13-15(20-16)22(12-18-13)10-5-4-7-21-8-6-9-21/h18H,2-12H2,1H3,(H2,17,19,20). The molecule has 0 spiro atoms. The lowest BCUT2D eigenvalue weighted by atomic mass is 10.2. The first kappa shape index (κ1) is 16.1. The van der Waals surface area contributed by atoms with E-state index < -0.39 is 0 Å². The Kier molecular flexibility index (Phi) is 5.38. The number of rotatable bonds is 9. The van der Waals surface area contributed by atoms with Gasteiger partial charge >= 0.3 is 6.01 Å². The van der Waals surface area contributed by atoms with Crippen molar-refractivity contribution in [3.05, 3.63) is 0 Å². The first-order valence-electron chi connectivity index (χ1n) is 8.79. The van der Waals surface area contributed by atoms with Gasteiger partial charge in [-0.3, -0.25) is 0 Å². The van der Waals surface area contributed by atoms with Crippen LogP contribution in [-0.4, -0.2) is 54.3 Å². The Morgan fingerprint density at radius 1 is 1.17 bits per heavy atom. The molecule has 1 fully saturated rings. The van der Waals surface area contributed by atoms with E-state index in [2.05, 4.69) is 32.0 Å². The van der Waals surface area contributed by atoms with E-state index in [1.165, 1.54) is 32.5 Å². The van der Waals surface area contributed by atoms with Crippen molar-refractivity contribution < 1.29 is 4.74 Å². The minimum absolute atomic E-state index is 0.393. The number of nitrogens with zero attached hydrogens (tertiary/aromatic N) is 4. The highest BCUT2D eigenvalue weighted by atomic mass is 16.5. The molecule has 3 N–H and O–H groups in total. The Hall–Kier alpha value is -1.76. The van der Waals surface area contributed by atoms with Crippen molar-refractivity contribution in [3.63, 3.8) is 0 Å². The monoisotopic (exact) mass is 320 g/mol. The molecule has 0 radical (unpaired) electrons. The minimum Gasteiger partial charge on any atom is -0.463 e. The van der Waals surface area contributed by atoms with Gasteiger partial charge in [-0.25, -0.2) is 0 Å². The maximum Gasteiger partial charge on any atom is 0.320 e. The number of ether oxygens (including phenoxy) is 1. The van der Waals surface area contributed by atoms with E-state index in [1.807, 2.05) is 0 Å². The zero-order chi connectivity index (χ0) is 16.1. The van der Waals surface area contributed by atoms with Crippen LogP contribution in [0.3, 0.4) is 0 Å². The molecule has 7 nitrogen and oxygen atoms in total. The summed E-state index contributed by atoms with van der Waals surface area (Å²) in [6.45, 7) is 8.26. The normalized spacial score (nSPS) is 16.8. The number of fused-ring (bicyclic) bond motifs is 1. The van der Waals surface area contributed by atoms with E-state index in [9.17, 15) is 0 Å². The molecule has 3 rings (SSSR count). The molecule has 0 saturated carbocycles. The topological polar surface area (TPSA) is 79.5 Å². The first-order valence-corrected chi connectivity index (χ1v) is 8.79. The number of aromatic nitrogens is 2. The van der Waals surface area contributed by atoms with Gasteiger partial charge in [-0.1, -0.05) is 13.3 Å². The molecule has 128 valence electrons. The van der Waals surface area contributed by atoms with E-state index in [-0.39, 0.29) is 0 Å². The van der Waals surface area contributed by atoms with Crippen molar-refractivity contribution in [1.29, 1.82) is 0 Å². The summed E-state index contributed by atoms with van der Waals surface area (Å²) in [5, 5.41) is 3.29. The summed E-state index contributed by atoms with van der Waals surface area (Å²) in [7, 11) is 0. The van der Waals surface area contributed by atoms with E-state index in [0.29, 0.717) is 18.4 Å². The zero-order valence-electron chi connectivity index (χ0n) is 14.1. The van der Waals surface area contributed by atoms with E-state index in [1.54, 1.807) is 0 Å². The molecule has 1 aromatic rings. The lowest BCUT2D eigenvalue weighted by Gasteiger charge is -2.30. The van der Waals surface area contributed by atoms with Gasteiger partial charge < -0.3 is 25.6 Å². The molecule has 3 heterocycles.